The van der Waals surface area contributed by atoms with Gasteiger partial charge >= 0.3 is 5.97 Å². The molecule has 0 aromatic heterocycles. The molecule has 2 amide bonds. The highest BCUT2D eigenvalue weighted by Gasteiger charge is 2.47. The van der Waals surface area contributed by atoms with Crippen molar-refractivity contribution in [2.45, 2.75) is 39.2 Å². The maximum atomic E-state index is 12.8. The molecule has 2 saturated heterocycles. The number of rotatable bonds is 4. The highest BCUT2D eigenvalue weighted by Crippen LogP contribution is 2.23. The number of imide groups is 1. The number of anilines is 1. The first-order valence-electron chi connectivity index (χ1n) is 8.96. The van der Waals surface area contributed by atoms with Gasteiger partial charge in [0.2, 0.25) is 5.91 Å². The molecule has 2 heterocycles. The van der Waals surface area contributed by atoms with Crippen LogP contribution in [0.2, 0.25) is 0 Å². The van der Waals surface area contributed by atoms with Crippen molar-refractivity contribution in [2.24, 2.45) is 5.92 Å². The average Bonchev–Trinajstić information content (AvgIpc) is 2.91. The van der Waals surface area contributed by atoms with E-state index in [1.165, 1.54) is 4.90 Å². The van der Waals surface area contributed by atoms with Gasteiger partial charge in [-0.1, -0.05) is 17.7 Å². The van der Waals surface area contributed by atoms with Crippen molar-refractivity contribution in [1.29, 1.82) is 0 Å². The van der Waals surface area contributed by atoms with E-state index in [2.05, 4.69) is 0 Å². The van der Waals surface area contributed by atoms with Crippen LogP contribution in [0.4, 0.5) is 5.69 Å². The smallest absolute Gasteiger partial charge is 0.309 e. The number of carbonyl (C=O) groups excluding carboxylic acids is 3. The number of nitrogens with one attached hydrogen (secondary N) is 1. The Morgan fingerprint density at radius 3 is 2.44 bits per heavy atom. The summed E-state index contributed by atoms with van der Waals surface area (Å²) in [4.78, 5) is 39.5. The number of carbonyl (C=O) groups is 3. The summed E-state index contributed by atoms with van der Waals surface area (Å²) in [6.45, 7) is 5.61. The first-order valence-corrected chi connectivity index (χ1v) is 8.96. The molecule has 0 aliphatic carbocycles. The molecule has 1 aromatic rings. The number of likely N-dealkylation sites (tertiary alicyclic amines) is 1. The fourth-order valence-electron chi connectivity index (χ4n) is 3.75. The van der Waals surface area contributed by atoms with E-state index in [4.69, 9.17) is 4.74 Å². The molecule has 6 heteroatoms. The molecule has 0 spiro atoms. The largest absolute Gasteiger partial charge is 0.466 e. The van der Waals surface area contributed by atoms with E-state index in [-0.39, 0.29) is 36.2 Å². The Kier molecular flexibility index (Phi) is 5.18. The van der Waals surface area contributed by atoms with Crippen LogP contribution in [0, 0.1) is 12.8 Å². The van der Waals surface area contributed by atoms with Crippen LogP contribution >= 0.6 is 0 Å². The number of amides is 2. The molecule has 0 radical (unpaired) electrons. The Morgan fingerprint density at radius 1 is 1.20 bits per heavy atom. The highest BCUT2D eigenvalue weighted by atomic mass is 16.5. The molecule has 2 aliphatic rings. The molecule has 1 N–H and O–H groups in total. The quantitative estimate of drug-likeness (QED) is 0.637. The van der Waals surface area contributed by atoms with E-state index in [9.17, 15) is 14.4 Å². The lowest BCUT2D eigenvalue weighted by Gasteiger charge is -2.31. The van der Waals surface area contributed by atoms with Gasteiger partial charge < -0.3 is 9.64 Å². The Hall–Kier alpha value is -2.21. The third-order valence-corrected chi connectivity index (χ3v) is 5.18. The molecule has 3 rings (SSSR count). The Labute approximate surface area is 147 Å². The third-order valence-electron chi connectivity index (χ3n) is 5.18. The number of esters is 1. The standard InChI is InChI=1S/C19H24N2O4/c1-3-25-19(24)14-8-10-20(11-9-14)16-12-17(22)21(18(16)23)15-6-4-13(2)5-7-15/h4-7,14,16H,3,8-12H2,1-2H3/p+1/t16-/m0/s1. The summed E-state index contributed by atoms with van der Waals surface area (Å²) in [6, 6.07) is 7.10. The van der Waals surface area contributed by atoms with E-state index >= 15 is 0 Å². The molecular weight excluding hydrogens is 320 g/mol. The Balaban J connectivity index is 1.65. The maximum absolute atomic E-state index is 12.8. The normalized spacial score (nSPS) is 26.8. The summed E-state index contributed by atoms with van der Waals surface area (Å²) in [5.74, 6) is -0.488. The van der Waals surface area contributed by atoms with Crippen LogP contribution in [-0.2, 0) is 19.1 Å². The predicted molar refractivity (Wildman–Crippen MR) is 92.1 cm³/mol. The van der Waals surface area contributed by atoms with Crippen LogP contribution in [0.5, 0.6) is 0 Å². The monoisotopic (exact) mass is 345 g/mol. The van der Waals surface area contributed by atoms with Gasteiger partial charge in [0, 0.05) is 12.8 Å². The summed E-state index contributed by atoms with van der Waals surface area (Å²) < 4.78 is 5.09. The molecule has 6 nitrogen and oxygen atoms in total. The van der Waals surface area contributed by atoms with Crippen LogP contribution in [0.15, 0.2) is 24.3 Å². The lowest BCUT2D eigenvalue weighted by molar-refractivity contribution is -0.920. The zero-order valence-corrected chi connectivity index (χ0v) is 14.8. The fraction of sp³-hybridized carbons (Fsp3) is 0.526. The number of hydrogen-bond donors (Lipinski definition) is 1. The van der Waals surface area contributed by atoms with Crippen LogP contribution < -0.4 is 9.80 Å². The second-order valence-corrected chi connectivity index (χ2v) is 6.84. The van der Waals surface area contributed by atoms with Gasteiger partial charge in [0.25, 0.3) is 5.91 Å². The first-order chi connectivity index (χ1) is 12.0. The van der Waals surface area contributed by atoms with Gasteiger partial charge in [0.05, 0.1) is 37.7 Å². The molecule has 1 aromatic carbocycles. The number of aryl methyl sites for hydroxylation is 1. The summed E-state index contributed by atoms with van der Waals surface area (Å²) in [5.41, 5.74) is 1.73. The first kappa shape index (κ1) is 17.6. The average molecular weight is 345 g/mol. The molecule has 134 valence electrons. The number of piperidine rings is 1. The van der Waals surface area contributed by atoms with Gasteiger partial charge in [-0.25, -0.2) is 4.90 Å². The van der Waals surface area contributed by atoms with E-state index in [1.807, 2.05) is 31.2 Å². The Bertz CT molecular complexity index is 663. The molecule has 0 unspecified atom stereocenters. The topological polar surface area (TPSA) is 68.1 Å². The van der Waals surface area contributed by atoms with Crippen molar-refractivity contribution in [3.8, 4) is 0 Å². The molecule has 2 fully saturated rings. The van der Waals surface area contributed by atoms with Crippen molar-refractivity contribution < 1.29 is 24.0 Å². The van der Waals surface area contributed by atoms with Crippen molar-refractivity contribution in [2.75, 3.05) is 24.6 Å². The maximum Gasteiger partial charge on any atom is 0.309 e. The van der Waals surface area contributed by atoms with Crippen molar-refractivity contribution in [3.63, 3.8) is 0 Å². The molecule has 25 heavy (non-hydrogen) atoms. The van der Waals surface area contributed by atoms with Crippen molar-refractivity contribution >= 4 is 23.5 Å². The lowest BCUT2D eigenvalue weighted by Crippen LogP contribution is -3.17. The minimum absolute atomic E-state index is 0.0795. The van der Waals surface area contributed by atoms with Gasteiger partial charge in [0.1, 0.15) is 0 Å². The highest BCUT2D eigenvalue weighted by molar-refractivity contribution is 6.21. The van der Waals surface area contributed by atoms with Crippen molar-refractivity contribution in [1.82, 2.24) is 0 Å². The number of hydrogen-bond acceptors (Lipinski definition) is 4. The second-order valence-electron chi connectivity index (χ2n) is 6.84. The zero-order valence-electron chi connectivity index (χ0n) is 14.8. The minimum atomic E-state index is -0.336. The van der Waals surface area contributed by atoms with Crippen LogP contribution in [-0.4, -0.2) is 43.5 Å². The van der Waals surface area contributed by atoms with Gasteiger partial charge in [-0.2, -0.15) is 0 Å². The van der Waals surface area contributed by atoms with E-state index in [0.717, 1.165) is 23.6 Å². The lowest BCUT2D eigenvalue weighted by atomic mass is 9.95. The summed E-state index contributed by atoms with van der Waals surface area (Å²) in [5, 5.41) is 0. The van der Waals surface area contributed by atoms with Gasteiger partial charge in [-0.3, -0.25) is 14.4 Å². The number of ether oxygens (including phenoxy) is 1. The minimum Gasteiger partial charge on any atom is -0.466 e. The summed E-state index contributed by atoms with van der Waals surface area (Å²) in [7, 11) is 0. The SMILES string of the molecule is CCOC(=O)C1CC[NH+]([C@H]2CC(=O)N(c3ccc(C)cc3)C2=O)CC1. The fourth-order valence-corrected chi connectivity index (χ4v) is 3.75. The van der Waals surface area contributed by atoms with Gasteiger partial charge in [-0.05, 0) is 26.0 Å². The Morgan fingerprint density at radius 2 is 1.84 bits per heavy atom. The predicted octanol–water partition coefficient (Wildman–Crippen LogP) is 0.485. The molecular formula is C19H25N2O4+. The summed E-state index contributed by atoms with van der Waals surface area (Å²) in [6.07, 6.45) is 1.65. The molecule has 1 atom stereocenters. The zero-order chi connectivity index (χ0) is 18.0. The molecule has 2 aliphatic heterocycles. The number of benzene rings is 1. The second kappa shape index (κ2) is 7.35. The van der Waals surface area contributed by atoms with Crippen molar-refractivity contribution in [3.05, 3.63) is 29.8 Å². The molecule has 0 saturated carbocycles. The molecule has 0 bridgehead atoms. The third kappa shape index (κ3) is 3.58. The van der Waals surface area contributed by atoms with Gasteiger partial charge in [0.15, 0.2) is 6.04 Å². The van der Waals surface area contributed by atoms with E-state index in [1.54, 1.807) is 6.92 Å². The van der Waals surface area contributed by atoms with Crippen LogP contribution in [0.3, 0.4) is 0 Å². The van der Waals surface area contributed by atoms with Crippen LogP contribution in [0.25, 0.3) is 0 Å². The number of nitrogens with zero attached hydrogens (tertiary/aromatic N) is 1. The van der Waals surface area contributed by atoms with E-state index in [0.29, 0.717) is 25.1 Å². The number of quaternary nitrogens is 1. The van der Waals surface area contributed by atoms with Crippen LogP contribution in [0.1, 0.15) is 31.7 Å². The van der Waals surface area contributed by atoms with E-state index < -0.39 is 0 Å². The van der Waals surface area contributed by atoms with Gasteiger partial charge in [-0.15, -0.1) is 0 Å². The summed E-state index contributed by atoms with van der Waals surface area (Å²) >= 11 is 0.